The van der Waals surface area contributed by atoms with Crippen LogP contribution < -0.4 is 0 Å². The molecule has 0 heterocycles. The van der Waals surface area contributed by atoms with Crippen molar-refractivity contribution >= 4 is 0 Å². The molecular formula is C12H19O. The van der Waals surface area contributed by atoms with E-state index in [0.717, 1.165) is 29.6 Å². The Hall–Kier alpha value is -0.0400. The molecule has 1 radical (unpaired) electrons. The van der Waals surface area contributed by atoms with Crippen molar-refractivity contribution in [2.45, 2.75) is 32.1 Å². The number of hydrogen-bond acceptors (Lipinski definition) is 1. The molecule has 1 nitrogen and oxygen atoms in total. The van der Waals surface area contributed by atoms with Crippen LogP contribution in [0.2, 0.25) is 0 Å². The van der Waals surface area contributed by atoms with Crippen molar-refractivity contribution in [2.24, 2.45) is 29.6 Å². The van der Waals surface area contributed by atoms with Crippen LogP contribution in [0.15, 0.2) is 0 Å². The van der Waals surface area contributed by atoms with Gasteiger partial charge in [-0.25, -0.2) is 0 Å². The zero-order valence-electron chi connectivity index (χ0n) is 8.41. The van der Waals surface area contributed by atoms with E-state index in [4.69, 9.17) is 4.74 Å². The summed E-state index contributed by atoms with van der Waals surface area (Å²) >= 11 is 0. The van der Waals surface area contributed by atoms with Gasteiger partial charge in [-0.15, -0.1) is 0 Å². The maximum Gasteiger partial charge on any atom is 0.0869 e. The van der Waals surface area contributed by atoms with Crippen LogP contribution in [0.4, 0.5) is 0 Å². The Morgan fingerprint density at radius 1 is 0.923 bits per heavy atom. The van der Waals surface area contributed by atoms with Crippen molar-refractivity contribution in [1.82, 2.24) is 0 Å². The Balaban J connectivity index is 1.77. The predicted octanol–water partition coefficient (Wildman–Crippen LogP) is 2.87. The number of methoxy groups -OCH3 is 1. The second-order valence-electron chi connectivity index (χ2n) is 5.38. The average Bonchev–Trinajstić information content (AvgIpc) is 2.10. The monoisotopic (exact) mass is 179 g/mol. The highest BCUT2D eigenvalue weighted by Gasteiger charge is 2.48. The Morgan fingerprint density at radius 2 is 1.46 bits per heavy atom. The van der Waals surface area contributed by atoms with Gasteiger partial charge in [-0.2, -0.15) is 0 Å². The molecule has 4 fully saturated rings. The number of ether oxygens (including phenoxy) is 1. The summed E-state index contributed by atoms with van der Waals surface area (Å²) in [5.74, 6) is 4.94. The van der Waals surface area contributed by atoms with Crippen LogP contribution in [-0.4, -0.2) is 7.11 Å². The van der Waals surface area contributed by atoms with Gasteiger partial charge < -0.3 is 4.74 Å². The van der Waals surface area contributed by atoms with Gasteiger partial charge in [0.05, 0.1) is 6.61 Å². The van der Waals surface area contributed by atoms with E-state index in [0.29, 0.717) is 0 Å². The first-order chi connectivity index (χ1) is 6.36. The summed E-state index contributed by atoms with van der Waals surface area (Å²) in [5, 5.41) is 0. The summed E-state index contributed by atoms with van der Waals surface area (Å²) in [5.41, 5.74) is 0. The third-order valence-electron chi connectivity index (χ3n) is 4.59. The fourth-order valence-electron chi connectivity index (χ4n) is 4.35. The van der Waals surface area contributed by atoms with E-state index in [-0.39, 0.29) is 0 Å². The van der Waals surface area contributed by atoms with Crippen LogP contribution in [0.1, 0.15) is 32.1 Å². The van der Waals surface area contributed by atoms with Gasteiger partial charge in [-0.3, -0.25) is 0 Å². The predicted molar refractivity (Wildman–Crippen MR) is 51.8 cm³/mol. The van der Waals surface area contributed by atoms with Gasteiger partial charge in [0.2, 0.25) is 0 Å². The lowest BCUT2D eigenvalue weighted by Crippen LogP contribution is -2.45. The molecule has 0 atom stereocenters. The first kappa shape index (κ1) is 8.28. The Bertz CT molecular complexity index is 171. The molecule has 0 aromatic carbocycles. The third kappa shape index (κ3) is 1.24. The lowest BCUT2D eigenvalue weighted by atomic mass is 9.52. The maximum atomic E-state index is 5.24. The molecule has 4 saturated carbocycles. The lowest BCUT2D eigenvalue weighted by Gasteiger charge is -2.54. The van der Waals surface area contributed by atoms with E-state index in [9.17, 15) is 0 Å². The molecule has 0 spiro atoms. The Kier molecular flexibility index (Phi) is 1.90. The molecule has 1 heteroatoms. The highest BCUT2D eigenvalue weighted by molar-refractivity contribution is 5.00. The Morgan fingerprint density at radius 3 is 1.92 bits per heavy atom. The smallest absolute Gasteiger partial charge is 0.0869 e. The zero-order valence-corrected chi connectivity index (χ0v) is 8.41. The summed E-state index contributed by atoms with van der Waals surface area (Å²) in [6, 6.07) is 0. The van der Waals surface area contributed by atoms with E-state index in [1.165, 1.54) is 25.7 Å². The van der Waals surface area contributed by atoms with Crippen molar-refractivity contribution in [2.75, 3.05) is 7.11 Å². The standard InChI is InChI=1S/C12H19O/c1-13-7-12-10-3-8-2-9(5-10)6-11(12)4-8/h7-12H,2-6H2,1H3. The molecule has 4 aliphatic rings. The summed E-state index contributed by atoms with van der Waals surface area (Å²) < 4.78 is 5.24. The van der Waals surface area contributed by atoms with Crippen LogP contribution >= 0.6 is 0 Å². The molecular weight excluding hydrogens is 160 g/mol. The molecule has 4 rings (SSSR count). The molecule has 73 valence electrons. The van der Waals surface area contributed by atoms with Crippen molar-refractivity contribution in [3.63, 3.8) is 0 Å². The highest BCUT2D eigenvalue weighted by Crippen LogP contribution is 2.57. The molecule has 0 saturated heterocycles. The molecule has 0 aromatic heterocycles. The molecule has 0 unspecified atom stereocenters. The summed E-state index contributed by atoms with van der Waals surface area (Å²) in [6.45, 7) is 2.13. The van der Waals surface area contributed by atoms with Gasteiger partial charge in [0.1, 0.15) is 0 Å². The highest BCUT2D eigenvalue weighted by atomic mass is 16.5. The van der Waals surface area contributed by atoms with Crippen LogP contribution in [0.25, 0.3) is 0 Å². The van der Waals surface area contributed by atoms with E-state index in [1.54, 1.807) is 6.42 Å². The van der Waals surface area contributed by atoms with Crippen LogP contribution in [-0.2, 0) is 4.74 Å². The minimum absolute atomic E-state index is 0.804. The maximum absolute atomic E-state index is 5.24. The number of rotatable bonds is 2. The normalized spacial score (nSPS) is 52.8. The van der Waals surface area contributed by atoms with Crippen molar-refractivity contribution in [3.8, 4) is 0 Å². The average molecular weight is 179 g/mol. The van der Waals surface area contributed by atoms with Crippen molar-refractivity contribution < 1.29 is 4.74 Å². The molecule has 4 aliphatic carbocycles. The van der Waals surface area contributed by atoms with Crippen LogP contribution in [0, 0.1) is 36.2 Å². The summed E-state index contributed by atoms with van der Waals surface area (Å²) in [7, 11) is 1.81. The molecule has 0 N–H and O–H groups in total. The second kappa shape index (κ2) is 2.98. The van der Waals surface area contributed by atoms with E-state index in [1.807, 2.05) is 7.11 Å². The second-order valence-corrected chi connectivity index (χ2v) is 5.38. The van der Waals surface area contributed by atoms with Crippen molar-refractivity contribution in [1.29, 1.82) is 0 Å². The molecule has 4 bridgehead atoms. The van der Waals surface area contributed by atoms with E-state index in [2.05, 4.69) is 6.61 Å². The van der Waals surface area contributed by atoms with Gasteiger partial charge >= 0.3 is 0 Å². The van der Waals surface area contributed by atoms with Gasteiger partial charge in [-0.1, -0.05) is 0 Å². The first-order valence-electron chi connectivity index (χ1n) is 5.73. The molecule has 13 heavy (non-hydrogen) atoms. The molecule has 0 amide bonds. The van der Waals surface area contributed by atoms with E-state index < -0.39 is 0 Å². The fraction of sp³-hybridized carbons (Fsp3) is 0.917. The minimum atomic E-state index is 0.804. The molecule has 0 aliphatic heterocycles. The van der Waals surface area contributed by atoms with Gasteiger partial charge in [0.15, 0.2) is 0 Å². The summed E-state index contributed by atoms with van der Waals surface area (Å²) in [6.07, 6.45) is 7.54. The van der Waals surface area contributed by atoms with Gasteiger partial charge in [0, 0.05) is 7.11 Å². The quantitative estimate of drug-likeness (QED) is 0.633. The van der Waals surface area contributed by atoms with Gasteiger partial charge in [-0.05, 0) is 61.7 Å². The fourth-order valence-corrected chi connectivity index (χ4v) is 4.35. The topological polar surface area (TPSA) is 9.23 Å². The van der Waals surface area contributed by atoms with Crippen LogP contribution in [0.5, 0.6) is 0 Å². The largest absolute Gasteiger partial charge is 0.378 e. The van der Waals surface area contributed by atoms with E-state index >= 15 is 0 Å². The van der Waals surface area contributed by atoms with Gasteiger partial charge in [0.25, 0.3) is 0 Å². The molecule has 0 aromatic rings. The number of hydrogen-bond donors (Lipinski definition) is 0. The van der Waals surface area contributed by atoms with Crippen molar-refractivity contribution in [3.05, 3.63) is 6.61 Å². The first-order valence-corrected chi connectivity index (χ1v) is 5.73. The zero-order chi connectivity index (χ0) is 8.84. The third-order valence-corrected chi connectivity index (χ3v) is 4.59. The summed E-state index contributed by atoms with van der Waals surface area (Å²) in [4.78, 5) is 0. The van der Waals surface area contributed by atoms with Crippen LogP contribution in [0.3, 0.4) is 0 Å². The SMILES string of the molecule is CO[CH]C1C2CC3CC(C2)CC1C3. The lowest BCUT2D eigenvalue weighted by molar-refractivity contribution is -0.0428. The Labute approximate surface area is 80.8 Å². The minimum Gasteiger partial charge on any atom is -0.378 e.